The van der Waals surface area contributed by atoms with E-state index in [1.165, 1.54) is 0 Å². The molecule has 0 aliphatic heterocycles. The lowest BCUT2D eigenvalue weighted by Gasteiger charge is -2.06. The zero-order chi connectivity index (χ0) is 16.9. The van der Waals surface area contributed by atoms with Crippen LogP contribution in [-0.2, 0) is 11.8 Å². The number of aromatic nitrogens is 2. The van der Waals surface area contributed by atoms with Crippen LogP contribution in [0.15, 0.2) is 54.7 Å². The Labute approximate surface area is 139 Å². The average molecular weight is 322 g/mol. The molecule has 1 aromatic heterocycles. The third-order valence-electron chi connectivity index (χ3n) is 3.63. The van der Waals surface area contributed by atoms with Gasteiger partial charge in [-0.1, -0.05) is 30.3 Å². The molecule has 2 N–H and O–H groups in total. The normalized spacial score (nSPS) is 10.5. The van der Waals surface area contributed by atoms with Crippen LogP contribution in [0.1, 0.15) is 16.8 Å². The van der Waals surface area contributed by atoms with Crippen LogP contribution in [-0.4, -0.2) is 28.1 Å². The Hall–Kier alpha value is -3.15. The number of amides is 2. The maximum Gasteiger partial charge on any atom is 0.251 e. The van der Waals surface area contributed by atoms with E-state index in [0.717, 1.165) is 10.8 Å². The molecule has 0 aliphatic carbocycles. The molecule has 1 heterocycles. The van der Waals surface area contributed by atoms with Gasteiger partial charge in [-0.3, -0.25) is 14.3 Å². The zero-order valence-electron chi connectivity index (χ0n) is 13.3. The highest BCUT2D eigenvalue weighted by Gasteiger charge is 2.08. The van der Waals surface area contributed by atoms with Gasteiger partial charge in [0.2, 0.25) is 5.91 Å². The van der Waals surface area contributed by atoms with Crippen LogP contribution >= 0.6 is 0 Å². The number of hydrogen-bond donors (Lipinski definition) is 2. The van der Waals surface area contributed by atoms with Crippen LogP contribution in [0.4, 0.5) is 5.82 Å². The van der Waals surface area contributed by atoms with E-state index in [4.69, 9.17) is 0 Å². The summed E-state index contributed by atoms with van der Waals surface area (Å²) in [4.78, 5) is 24.0. The summed E-state index contributed by atoms with van der Waals surface area (Å²) in [7, 11) is 1.78. The summed E-state index contributed by atoms with van der Waals surface area (Å²) in [6, 6.07) is 15.1. The average Bonchev–Trinajstić information content (AvgIpc) is 2.99. The second-order valence-corrected chi connectivity index (χ2v) is 5.49. The van der Waals surface area contributed by atoms with Gasteiger partial charge in [-0.25, -0.2) is 0 Å². The zero-order valence-corrected chi connectivity index (χ0v) is 13.3. The molecule has 0 saturated carbocycles. The van der Waals surface area contributed by atoms with E-state index in [9.17, 15) is 9.59 Å². The predicted molar refractivity (Wildman–Crippen MR) is 92.7 cm³/mol. The van der Waals surface area contributed by atoms with Crippen molar-refractivity contribution in [2.24, 2.45) is 7.05 Å². The first-order valence-electron chi connectivity index (χ1n) is 7.68. The van der Waals surface area contributed by atoms with Gasteiger partial charge in [0, 0.05) is 37.8 Å². The molecule has 0 bridgehead atoms. The Kier molecular flexibility index (Phi) is 4.56. The summed E-state index contributed by atoms with van der Waals surface area (Å²) < 4.78 is 1.61. The summed E-state index contributed by atoms with van der Waals surface area (Å²) in [6.45, 7) is 0.268. The van der Waals surface area contributed by atoms with Gasteiger partial charge >= 0.3 is 0 Å². The molecule has 0 radical (unpaired) electrons. The molecule has 0 aliphatic rings. The van der Waals surface area contributed by atoms with E-state index in [0.29, 0.717) is 11.4 Å². The summed E-state index contributed by atoms with van der Waals surface area (Å²) in [5, 5.41) is 11.6. The summed E-state index contributed by atoms with van der Waals surface area (Å²) >= 11 is 0. The Balaban J connectivity index is 1.52. The second kappa shape index (κ2) is 6.95. The number of aryl methyl sites for hydroxylation is 1. The van der Waals surface area contributed by atoms with Gasteiger partial charge in [0.25, 0.3) is 5.91 Å². The minimum Gasteiger partial charge on any atom is -0.352 e. The van der Waals surface area contributed by atoms with Gasteiger partial charge in [0.1, 0.15) is 0 Å². The van der Waals surface area contributed by atoms with Crippen LogP contribution < -0.4 is 10.6 Å². The highest BCUT2D eigenvalue weighted by atomic mass is 16.2. The van der Waals surface area contributed by atoms with Gasteiger partial charge in [-0.15, -0.1) is 0 Å². The fraction of sp³-hybridized carbons (Fsp3) is 0.167. The first kappa shape index (κ1) is 15.7. The molecule has 2 aromatic carbocycles. The van der Waals surface area contributed by atoms with Gasteiger partial charge in [0.15, 0.2) is 5.82 Å². The van der Waals surface area contributed by atoms with Crippen LogP contribution in [0.3, 0.4) is 0 Å². The summed E-state index contributed by atoms with van der Waals surface area (Å²) in [5.41, 5.74) is 0.582. The third-order valence-corrected chi connectivity index (χ3v) is 3.63. The first-order valence-corrected chi connectivity index (χ1v) is 7.68. The Bertz CT molecular complexity index is 885. The van der Waals surface area contributed by atoms with E-state index >= 15 is 0 Å². The maximum atomic E-state index is 12.2. The Morgan fingerprint density at radius 2 is 1.88 bits per heavy atom. The van der Waals surface area contributed by atoms with Crippen molar-refractivity contribution in [3.63, 3.8) is 0 Å². The number of nitrogens with zero attached hydrogens (tertiary/aromatic N) is 2. The SMILES string of the molecule is Cn1ccc(NC(=O)CCNC(=O)c2ccc3ccccc3c2)n1. The summed E-state index contributed by atoms with van der Waals surface area (Å²) in [6.07, 6.45) is 1.94. The second-order valence-electron chi connectivity index (χ2n) is 5.49. The van der Waals surface area contributed by atoms with Gasteiger partial charge in [0.05, 0.1) is 0 Å². The molecule has 6 heteroatoms. The minimum absolute atomic E-state index is 0.187. The minimum atomic E-state index is -0.189. The number of benzene rings is 2. The number of fused-ring (bicyclic) bond motifs is 1. The van der Waals surface area contributed by atoms with E-state index in [1.807, 2.05) is 36.4 Å². The largest absolute Gasteiger partial charge is 0.352 e. The molecule has 0 unspecified atom stereocenters. The standard InChI is InChI=1S/C18H18N4O2/c1-22-11-9-16(21-22)20-17(23)8-10-19-18(24)15-7-6-13-4-2-3-5-14(13)12-15/h2-7,9,11-12H,8,10H2,1H3,(H,19,24)(H,20,21,23). The van der Waals surface area contributed by atoms with Crippen molar-refractivity contribution in [2.45, 2.75) is 6.42 Å². The molecular formula is C18H18N4O2. The van der Waals surface area contributed by atoms with Crippen molar-refractivity contribution in [2.75, 3.05) is 11.9 Å². The van der Waals surface area contributed by atoms with Crippen molar-refractivity contribution in [3.8, 4) is 0 Å². The van der Waals surface area contributed by atoms with Gasteiger partial charge in [-0.05, 0) is 22.9 Å². The van der Waals surface area contributed by atoms with Gasteiger partial charge < -0.3 is 10.6 Å². The van der Waals surface area contributed by atoms with E-state index in [-0.39, 0.29) is 24.8 Å². The smallest absolute Gasteiger partial charge is 0.251 e. The molecule has 0 fully saturated rings. The topological polar surface area (TPSA) is 76.0 Å². The van der Waals surface area contributed by atoms with Crippen molar-refractivity contribution >= 4 is 28.4 Å². The third kappa shape index (κ3) is 3.78. The van der Waals surface area contributed by atoms with Crippen molar-refractivity contribution in [1.82, 2.24) is 15.1 Å². The number of nitrogens with one attached hydrogen (secondary N) is 2. The molecule has 0 saturated heterocycles. The van der Waals surface area contributed by atoms with E-state index in [1.54, 1.807) is 30.1 Å². The van der Waals surface area contributed by atoms with E-state index in [2.05, 4.69) is 15.7 Å². The molecule has 0 atom stereocenters. The molecule has 2 amide bonds. The van der Waals surface area contributed by atoms with Crippen molar-refractivity contribution in [3.05, 3.63) is 60.3 Å². The Morgan fingerprint density at radius 3 is 2.62 bits per heavy atom. The van der Waals surface area contributed by atoms with Gasteiger partial charge in [-0.2, -0.15) is 5.10 Å². The molecule has 3 aromatic rings. The lowest BCUT2D eigenvalue weighted by atomic mass is 10.1. The van der Waals surface area contributed by atoms with E-state index < -0.39 is 0 Å². The number of hydrogen-bond acceptors (Lipinski definition) is 3. The highest BCUT2D eigenvalue weighted by molar-refractivity contribution is 5.99. The lowest BCUT2D eigenvalue weighted by Crippen LogP contribution is -2.27. The molecule has 0 spiro atoms. The number of carbonyl (C=O) groups is 2. The number of rotatable bonds is 5. The predicted octanol–water partition coefficient (Wildman–Crippen LogP) is 2.33. The molecule has 122 valence electrons. The monoisotopic (exact) mass is 322 g/mol. The Morgan fingerprint density at radius 1 is 1.08 bits per heavy atom. The molecular weight excluding hydrogens is 304 g/mol. The van der Waals surface area contributed by atoms with Crippen molar-refractivity contribution in [1.29, 1.82) is 0 Å². The van der Waals surface area contributed by atoms with Crippen LogP contribution in [0.25, 0.3) is 10.8 Å². The van der Waals surface area contributed by atoms with Crippen LogP contribution in [0, 0.1) is 0 Å². The fourth-order valence-electron chi connectivity index (χ4n) is 2.41. The van der Waals surface area contributed by atoms with Crippen molar-refractivity contribution < 1.29 is 9.59 Å². The highest BCUT2D eigenvalue weighted by Crippen LogP contribution is 2.15. The molecule has 24 heavy (non-hydrogen) atoms. The molecule has 3 rings (SSSR count). The maximum absolute atomic E-state index is 12.2. The lowest BCUT2D eigenvalue weighted by molar-refractivity contribution is -0.116. The number of carbonyl (C=O) groups excluding carboxylic acids is 2. The first-order chi connectivity index (χ1) is 11.6. The quantitative estimate of drug-likeness (QED) is 0.757. The summed E-state index contributed by atoms with van der Waals surface area (Å²) in [5.74, 6) is 0.127. The molecule has 6 nitrogen and oxygen atoms in total. The van der Waals surface area contributed by atoms with Crippen LogP contribution in [0.5, 0.6) is 0 Å². The fourth-order valence-corrected chi connectivity index (χ4v) is 2.41. The number of anilines is 1. The van der Waals surface area contributed by atoms with Crippen LogP contribution in [0.2, 0.25) is 0 Å².